The Morgan fingerprint density at radius 2 is 2.03 bits per heavy atom. The lowest BCUT2D eigenvalue weighted by Crippen LogP contribution is -2.28. The highest BCUT2D eigenvalue weighted by atomic mass is 35.5. The molecule has 2 amide bonds. The smallest absolute Gasteiger partial charge is 0.266 e. The topological polar surface area (TPSA) is 67.9 Å². The van der Waals surface area contributed by atoms with Crippen LogP contribution in [0.2, 0.25) is 5.02 Å². The molecule has 1 aliphatic rings. The first-order chi connectivity index (χ1) is 16.3. The lowest BCUT2D eigenvalue weighted by molar-refractivity contribution is -0.122. The minimum atomic E-state index is -0.552. The van der Waals surface area contributed by atoms with Gasteiger partial charge in [0.25, 0.3) is 11.8 Å². The average Bonchev–Trinajstić information content (AvgIpc) is 3.05. The maximum atomic E-state index is 13.8. The second-order valence-corrected chi connectivity index (χ2v) is 9.35. The molecule has 180 valence electrons. The van der Waals surface area contributed by atoms with Crippen molar-refractivity contribution in [3.05, 3.63) is 57.7 Å². The van der Waals surface area contributed by atoms with Crippen LogP contribution in [-0.2, 0) is 9.59 Å². The fourth-order valence-electron chi connectivity index (χ4n) is 3.12. The van der Waals surface area contributed by atoms with Crippen LogP contribution in [0.3, 0.4) is 0 Å². The maximum absolute atomic E-state index is 13.8. The first kappa shape index (κ1) is 26.0. The molecule has 34 heavy (non-hydrogen) atoms. The Morgan fingerprint density at radius 3 is 2.74 bits per heavy atom. The number of ether oxygens (including phenoxy) is 2. The molecule has 0 radical (unpaired) electrons. The third-order valence-corrected chi connectivity index (χ3v) is 6.39. The van der Waals surface area contributed by atoms with E-state index in [0.29, 0.717) is 33.7 Å². The van der Waals surface area contributed by atoms with Gasteiger partial charge in [-0.3, -0.25) is 14.5 Å². The van der Waals surface area contributed by atoms with Crippen molar-refractivity contribution < 1.29 is 23.5 Å². The second kappa shape index (κ2) is 12.2. The molecule has 1 fully saturated rings. The molecule has 3 rings (SSSR count). The molecule has 6 nitrogen and oxygen atoms in total. The molecule has 0 bridgehead atoms. The van der Waals surface area contributed by atoms with E-state index >= 15 is 0 Å². The number of hydrogen-bond acceptors (Lipinski definition) is 6. The summed E-state index contributed by atoms with van der Waals surface area (Å²) in [5.41, 5.74) is 0.687. The van der Waals surface area contributed by atoms with Gasteiger partial charge in [0, 0.05) is 6.54 Å². The van der Waals surface area contributed by atoms with Crippen molar-refractivity contribution in [1.82, 2.24) is 4.90 Å². The quantitative estimate of drug-likeness (QED) is 0.310. The van der Waals surface area contributed by atoms with E-state index < -0.39 is 18.3 Å². The zero-order chi connectivity index (χ0) is 24.7. The number of para-hydroxylation sites is 1. The molecule has 1 N–H and O–H groups in total. The minimum absolute atomic E-state index is 0.0545. The molecule has 2 aromatic carbocycles. The number of unbranched alkanes of at least 4 members (excludes halogenated alkanes) is 1. The van der Waals surface area contributed by atoms with Gasteiger partial charge >= 0.3 is 0 Å². The highest BCUT2D eigenvalue weighted by Gasteiger charge is 2.31. The van der Waals surface area contributed by atoms with Gasteiger partial charge in [0.2, 0.25) is 0 Å². The Morgan fingerprint density at radius 1 is 1.26 bits per heavy atom. The summed E-state index contributed by atoms with van der Waals surface area (Å²) in [5, 5.41) is 2.66. The summed E-state index contributed by atoms with van der Waals surface area (Å²) < 4.78 is 25.5. The summed E-state index contributed by atoms with van der Waals surface area (Å²) in [6.07, 6.45) is 3.54. The van der Waals surface area contributed by atoms with Crippen LogP contribution in [0.15, 0.2) is 41.3 Å². The van der Waals surface area contributed by atoms with E-state index in [1.807, 2.05) is 0 Å². The summed E-state index contributed by atoms with van der Waals surface area (Å²) in [6, 6.07) is 9.13. The Bertz CT molecular complexity index is 1130. The Hall–Kier alpha value is -2.62. The largest absolute Gasteiger partial charge is 0.490 e. The number of carbonyl (C=O) groups excluding carboxylic acids is 2. The number of rotatable bonds is 10. The Balaban J connectivity index is 1.76. The highest BCUT2D eigenvalue weighted by Crippen LogP contribution is 2.39. The van der Waals surface area contributed by atoms with Crippen molar-refractivity contribution in [1.29, 1.82) is 0 Å². The lowest BCUT2D eigenvalue weighted by atomic mass is 10.1. The highest BCUT2D eigenvalue weighted by molar-refractivity contribution is 8.26. The number of amides is 2. The van der Waals surface area contributed by atoms with Crippen LogP contribution in [0.5, 0.6) is 11.5 Å². The van der Waals surface area contributed by atoms with Gasteiger partial charge in [0.05, 0.1) is 22.2 Å². The summed E-state index contributed by atoms with van der Waals surface area (Å²) in [4.78, 5) is 27.1. The number of halogens is 2. The SMILES string of the molecule is CCCCN1C(=O)/C(=C/c2cc(Cl)c(OCC(=O)Nc3ccccc3F)c(OCC)c2)SC1=S. The number of thioether (sulfide) groups is 1. The summed E-state index contributed by atoms with van der Waals surface area (Å²) in [6.45, 7) is 4.37. The van der Waals surface area contributed by atoms with Crippen LogP contribution in [0.25, 0.3) is 6.08 Å². The number of benzene rings is 2. The number of nitrogens with one attached hydrogen (secondary N) is 1. The first-order valence-electron chi connectivity index (χ1n) is 10.7. The van der Waals surface area contributed by atoms with Crippen LogP contribution in [0.1, 0.15) is 32.3 Å². The summed E-state index contributed by atoms with van der Waals surface area (Å²) in [5.74, 6) is -0.735. The van der Waals surface area contributed by atoms with Gasteiger partial charge in [-0.2, -0.15) is 0 Å². The predicted molar refractivity (Wildman–Crippen MR) is 138 cm³/mol. The lowest BCUT2D eigenvalue weighted by Gasteiger charge is -2.15. The van der Waals surface area contributed by atoms with E-state index in [4.69, 9.17) is 33.3 Å². The first-order valence-corrected chi connectivity index (χ1v) is 12.3. The average molecular weight is 523 g/mol. The van der Waals surface area contributed by atoms with E-state index in [2.05, 4.69) is 12.2 Å². The molecule has 0 atom stereocenters. The van der Waals surface area contributed by atoms with Crippen molar-refractivity contribution >= 4 is 63.5 Å². The number of thiocarbonyl (C=S) groups is 1. The van der Waals surface area contributed by atoms with E-state index in [9.17, 15) is 14.0 Å². The van der Waals surface area contributed by atoms with E-state index in [-0.39, 0.29) is 22.4 Å². The fraction of sp³-hybridized carbons (Fsp3) is 0.292. The second-order valence-electron chi connectivity index (χ2n) is 7.27. The molecule has 2 aromatic rings. The molecule has 0 aromatic heterocycles. The fourth-order valence-corrected chi connectivity index (χ4v) is 4.70. The van der Waals surface area contributed by atoms with Crippen molar-refractivity contribution in [3.63, 3.8) is 0 Å². The molecule has 1 saturated heterocycles. The van der Waals surface area contributed by atoms with Crippen LogP contribution >= 0.6 is 35.6 Å². The van der Waals surface area contributed by atoms with Gasteiger partial charge in [-0.1, -0.05) is 61.1 Å². The van der Waals surface area contributed by atoms with Crippen LogP contribution < -0.4 is 14.8 Å². The van der Waals surface area contributed by atoms with Crippen molar-refractivity contribution in [2.75, 3.05) is 25.1 Å². The molecule has 0 aliphatic carbocycles. The Labute approximate surface area is 212 Å². The summed E-state index contributed by atoms with van der Waals surface area (Å²) in [7, 11) is 0. The molecule has 1 aliphatic heterocycles. The zero-order valence-electron chi connectivity index (χ0n) is 18.7. The number of hydrogen-bond donors (Lipinski definition) is 1. The standard InChI is InChI=1S/C24H24ClFN2O4S2/c1-3-5-10-28-23(30)20(34-24(28)33)13-15-11-16(25)22(19(12-15)31-4-2)32-14-21(29)27-18-9-7-6-8-17(18)26/h6-9,11-13H,3-5,10,14H2,1-2H3,(H,27,29)/b20-13-. The van der Waals surface area contributed by atoms with Gasteiger partial charge in [0.15, 0.2) is 18.1 Å². The number of carbonyl (C=O) groups is 2. The molecule has 0 unspecified atom stereocenters. The molecular formula is C24H24ClFN2O4S2. The monoisotopic (exact) mass is 522 g/mol. The van der Waals surface area contributed by atoms with Gasteiger partial charge in [-0.15, -0.1) is 0 Å². The van der Waals surface area contributed by atoms with E-state index in [0.717, 1.165) is 12.8 Å². The van der Waals surface area contributed by atoms with Crippen molar-refractivity contribution in [2.45, 2.75) is 26.7 Å². The number of nitrogens with zero attached hydrogens (tertiary/aromatic N) is 1. The van der Waals surface area contributed by atoms with Crippen molar-refractivity contribution in [3.8, 4) is 11.5 Å². The van der Waals surface area contributed by atoms with Crippen molar-refractivity contribution in [2.24, 2.45) is 0 Å². The predicted octanol–water partition coefficient (Wildman–Crippen LogP) is 5.90. The van der Waals surface area contributed by atoms with Gasteiger partial charge < -0.3 is 14.8 Å². The molecule has 0 spiro atoms. The minimum Gasteiger partial charge on any atom is -0.490 e. The normalized spacial score (nSPS) is 14.6. The Kier molecular flexibility index (Phi) is 9.32. The van der Waals surface area contributed by atoms with Gasteiger partial charge in [-0.25, -0.2) is 4.39 Å². The van der Waals surface area contributed by atoms with E-state index in [1.165, 1.54) is 30.0 Å². The maximum Gasteiger partial charge on any atom is 0.266 e. The molecule has 1 heterocycles. The zero-order valence-corrected chi connectivity index (χ0v) is 21.1. The van der Waals surface area contributed by atoms with Crippen LogP contribution in [0, 0.1) is 5.82 Å². The van der Waals surface area contributed by atoms with Gasteiger partial charge in [-0.05, 0) is 49.2 Å². The van der Waals surface area contributed by atoms with Crippen LogP contribution in [-0.4, -0.2) is 40.8 Å². The third-order valence-electron chi connectivity index (χ3n) is 4.73. The van der Waals surface area contributed by atoms with E-state index in [1.54, 1.807) is 36.1 Å². The van der Waals surface area contributed by atoms with Crippen LogP contribution in [0.4, 0.5) is 10.1 Å². The molecular weight excluding hydrogens is 499 g/mol. The number of anilines is 1. The molecule has 10 heteroatoms. The molecule has 0 saturated carbocycles. The summed E-state index contributed by atoms with van der Waals surface area (Å²) >= 11 is 13.0. The third kappa shape index (κ3) is 6.49. The van der Waals surface area contributed by atoms with Gasteiger partial charge in [0.1, 0.15) is 10.1 Å².